The molecule has 0 bridgehead atoms. The van der Waals surface area contributed by atoms with Gasteiger partial charge < -0.3 is 5.11 Å². The molecule has 1 rings (SSSR count). The number of carbonyl (C=O) groups is 1. The molecule has 0 amide bonds. The summed E-state index contributed by atoms with van der Waals surface area (Å²) in [5, 5.41) is 19.1. The molecule has 6 heteroatoms. The third-order valence-electron chi connectivity index (χ3n) is 2.10. The predicted molar refractivity (Wildman–Crippen MR) is 61.6 cm³/mol. The molecule has 0 aliphatic carbocycles. The Bertz CT molecular complexity index is 419. The molecule has 1 N–H and O–H groups in total. The summed E-state index contributed by atoms with van der Waals surface area (Å²) in [7, 11) is 0. The second-order valence-electron chi connectivity index (χ2n) is 3.20. The van der Waals surface area contributed by atoms with Crippen LogP contribution in [0.3, 0.4) is 0 Å². The Balaban J connectivity index is 2.77. The van der Waals surface area contributed by atoms with Gasteiger partial charge >= 0.3 is 5.97 Å². The number of thioether (sulfide) groups is 1. The van der Waals surface area contributed by atoms with Crippen LogP contribution in [0.2, 0.25) is 0 Å². The monoisotopic (exact) mass is 241 g/mol. The Hall–Kier alpha value is -1.56. The van der Waals surface area contributed by atoms with Gasteiger partial charge in [0.05, 0.1) is 10.7 Å². The van der Waals surface area contributed by atoms with Crippen LogP contribution in [-0.4, -0.2) is 21.8 Å². The van der Waals surface area contributed by atoms with Gasteiger partial charge in [0.15, 0.2) is 0 Å². The highest BCUT2D eigenvalue weighted by atomic mass is 32.2. The van der Waals surface area contributed by atoms with Gasteiger partial charge in [0.2, 0.25) is 0 Å². The summed E-state index contributed by atoms with van der Waals surface area (Å²) in [6.45, 7) is 1.68. The molecule has 1 aromatic carbocycles. The zero-order chi connectivity index (χ0) is 12.1. The highest BCUT2D eigenvalue weighted by molar-refractivity contribution is 7.99. The maximum atomic E-state index is 10.7. The first-order valence-corrected chi connectivity index (χ1v) is 5.70. The molecular weight excluding hydrogens is 230 g/mol. The minimum Gasteiger partial charge on any atom is -0.481 e. The molecule has 0 saturated carbocycles. The van der Waals surface area contributed by atoms with Crippen molar-refractivity contribution in [3.05, 3.63) is 39.4 Å². The molecule has 0 saturated heterocycles. The first-order valence-electron chi connectivity index (χ1n) is 4.54. The van der Waals surface area contributed by atoms with Gasteiger partial charge in [-0.1, -0.05) is 12.1 Å². The van der Waals surface area contributed by atoms with E-state index in [0.29, 0.717) is 11.3 Å². The fourth-order valence-corrected chi connectivity index (χ4v) is 2.08. The molecule has 5 nitrogen and oxygen atoms in total. The molecule has 0 atom stereocenters. The average molecular weight is 241 g/mol. The van der Waals surface area contributed by atoms with E-state index < -0.39 is 10.9 Å². The van der Waals surface area contributed by atoms with Crippen LogP contribution in [0.1, 0.15) is 11.1 Å². The quantitative estimate of drug-likeness (QED) is 0.631. The fourth-order valence-electron chi connectivity index (χ4n) is 1.27. The second kappa shape index (κ2) is 5.50. The van der Waals surface area contributed by atoms with Crippen molar-refractivity contribution in [1.82, 2.24) is 0 Å². The van der Waals surface area contributed by atoms with E-state index in [-0.39, 0.29) is 11.4 Å². The number of benzene rings is 1. The van der Waals surface area contributed by atoms with Crippen molar-refractivity contribution in [2.45, 2.75) is 12.7 Å². The first kappa shape index (κ1) is 12.5. The number of aliphatic carboxylic acids is 1. The van der Waals surface area contributed by atoms with Crippen LogP contribution in [0.5, 0.6) is 0 Å². The molecular formula is C10H11NO4S. The average Bonchev–Trinajstić information content (AvgIpc) is 2.19. The Morgan fingerprint density at radius 1 is 1.56 bits per heavy atom. The zero-order valence-electron chi connectivity index (χ0n) is 8.67. The second-order valence-corrected chi connectivity index (χ2v) is 4.19. The lowest BCUT2D eigenvalue weighted by Crippen LogP contribution is -2.00. The van der Waals surface area contributed by atoms with E-state index in [4.69, 9.17) is 5.11 Å². The van der Waals surface area contributed by atoms with Crippen molar-refractivity contribution in [2.24, 2.45) is 0 Å². The molecule has 16 heavy (non-hydrogen) atoms. The topological polar surface area (TPSA) is 80.4 Å². The van der Waals surface area contributed by atoms with Gasteiger partial charge in [-0.2, -0.15) is 0 Å². The molecule has 86 valence electrons. The molecule has 0 heterocycles. The lowest BCUT2D eigenvalue weighted by atomic mass is 10.1. The summed E-state index contributed by atoms with van der Waals surface area (Å²) in [5.41, 5.74) is 1.49. The summed E-state index contributed by atoms with van der Waals surface area (Å²) in [6.07, 6.45) is 0. The smallest absolute Gasteiger partial charge is 0.313 e. The van der Waals surface area contributed by atoms with E-state index in [1.54, 1.807) is 19.1 Å². The summed E-state index contributed by atoms with van der Waals surface area (Å²) >= 11 is 1.23. The number of rotatable bonds is 5. The van der Waals surface area contributed by atoms with Gasteiger partial charge in [-0.05, 0) is 12.5 Å². The van der Waals surface area contributed by atoms with Crippen molar-refractivity contribution in [2.75, 3.05) is 5.75 Å². The number of nitro benzene ring substituents is 1. The lowest BCUT2D eigenvalue weighted by Gasteiger charge is -2.04. The molecule has 0 radical (unpaired) electrons. The van der Waals surface area contributed by atoms with E-state index in [2.05, 4.69) is 0 Å². The van der Waals surface area contributed by atoms with Gasteiger partial charge in [0.1, 0.15) is 0 Å². The van der Waals surface area contributed by atoms with Crippen molar-refractivity contribution >= 4 is 23.4 Å². The van der Waals surface area contributed by atoms with Gasteiger partial charge in [-0.15, -0.1) is 11.8 Å². The summed E-state index contributed by atoms with van der Waals surface area (Å²) in [4.78, 5) is 20.6. The lowest BCUT2D eigenvalue weighted by molar-refractivity contribution is -0.385. The molecule has 0 aliphatic rings. The summed E-state index contributed by atoms with van der Waals surface area (Å²) in [5.74, 6) is -0.407. The Morgan fingerprint density at radius 2 is 2.25 bits per heavy atom. The van der Waals surface area contributed by atoms with Gasteiger partial charge in [0.25, 0.3) is 5.69 Å². The minimum absolute atomic E-state index is 0.00211. The van der Waals surface area contributed by atoms with Crippen LogP contribution in [0.4, 0.5) is 5.69 Å². The largest absolute Gasteiger partial charge is 0.481 e. The summed E-state index contributed by atoms with van der Waals surface area (Å²) in [6, 6.07) is 4.83. The Kier molecular flexibility index (Phi) is 4.30. The maximum Gasteiger partial charge on any atom is 0.313 e. The number of hydrogen-bond acceptors (Lipinski definition) is 4. The van der Waals surface area contributed by atoms with Crippen LogP contribution in [0.25, 0.3) is 0 Å². The van der Waals surface area contributed by atoms with E-state index in [1.807, 2.05) is 0 Å². The fraction of sp³-hybridized carbons (Fsp3) is 0.300. The molecule has 0 aliphatic heterocycles. The predicted octanol–water partition coefficient (Wildman–Crippen LogP) is 2.22. The van der Waals surface area contributed by atoms with Crippen molar-refractivity contribution in [1.29, 1.82) is 0 Å². The molecule has 0 aromatic heterocycles. The van der Waals surface area contributed by atoms with E-state index in [0.717, 1.165) is 5.56 Å². The maximum absolute atomic E-state index is 10.7. The highest BCUT2D eigenvalue weighted by Gasteiger charge is 2.13. The zero-order valence-corrected chi connectivity index (χ0v) is 9.49. The molecule has 0 fully saturated rings. The van der Waals surface area contributed by atoms with Gasteiger partial charge in [-0.3, -0.25) is 14.9 Å². The standard InChI is InChI=1S/C10H11NO4S/c1-7-8(5-16-6-10(12)13)3-2-4-9(7)11(14)15/h2-4H,5-6H2,1H3,(H,12,13). The normalized spacial score (nSPS) is 10.1. The van der Waals surface area contributed by atoms with Crippen LogP contribution < -0.4 is 0 Å². The van der Waals surface area contributed by atoms with E-state index in [9.17, 15) is 14.9 Å². The SMILES string of the molecule is Cc1c(CSCC(=O)O)cccc1[N+](=O)[O-]. The molecule has 1 aromatic rings. The number of carboxylic acids is 1. The van der Waals surface area contributed by atoms with Crippen molar-refractivity contribution in [3.8, 4) is 0 Å². The Morgan fingerprint density at radius 3 is 2.81 bits per heavy atom. The first-order chi connectivity index (χ1) is 7.52. The van der Waals surface area contributed by atoms with E-state index in [1.165, 1.54) is 17.8 Å². The van der Waals surface area contributed by atoms with Crippen LogP contribution in [0.15, 0.2) is 18.2 Å². The van der Waals surface area contributed by atoms with Crippen molar-refractivity contribution < 1.29 is 14.8 Å². The third-order valence-corrected chi connectivity index (χ3v) is 3.06. The summed E-state index contributed by atoms with van der Waals surface area (Å²) < 4.78 is 0. The molecule has 0 unspecified atom stereocenters. The van der Waals surface area contributed by atoms with Crippen LogP contribution >= 0.6 is 11.8 Å². The third kappa shape index (κ3) is 3.23. The van der Waals surface area contributed by atoms with Crippen LogP contribution in [-0.2, 0) is 10.5 Å². The Labute approximate surface area is 96.6 Å². The van der Waals surface area contributed by atoms with Gasteiger partial charge in [0, 0.05) is 17.4 Å². The number of hydrogen-bond donors (Lipinski definition) is 1. The number of nitrogens with zero attached hydrogens (tertiary/aromatic N) is 1. The number of nitro groups is 1. The van der Waals surface area contributed by atoms with Crippen LogP contribution in [0, 0.1) is 17.0 Å². The van der Waals surface area contributed by atoms with Crippen molar-refractivity contribution in [3.63, 3.8) is 0 Å². The van der Waals surface area contributed by atoms with E-state index >= 15 is 0 Å². The molecule has 0 spiro atoms. The highest BCUT2D eigenvalue weighted by Crippen LogP contribution is 2.24. The van der Waals surface area contributed by atoms with Gasteiger partial charge in [-0.25, -0.2) is 0 Å². The number of carboxylic acid groups (broad SMARTS) is 1. The minimum atomic E-state index is -0.881.